The molecule has 1 heterocycles. The Morgan fingerprint density at radius 1 is 0.967 bits per heavy atom. The van der Waals surface area contributed by atoms with Crippen LogP contribution in [0.3, 0.4) is 0 Å². The van der Waals surface area contributed by atoms with Crippen molar-refractivity contribution in [3.8, 4) is 5.75 Å². The highest BCUT2D eigenvalue weighted by molar-refractivity contribution is 7.96. The van der Waals surface area contributed by atoms with Gasteiger partial charge in [0.15, 0.2) is 0 Å². The van der Waals surface area contributed by atoms with E-state index < -0.39 is 15.6 Å². The van der Waals surface area contributed by atoms with Crippen molar-refractivity contribution in [3.05, 3.63) is 95.0 Å². The molecular weight excluding hydrogens is 398 g/mol. The van der Waals surface area contributed by atoms with E-state index in [1.54, 1.807) is 47.4 Å². The summed E-state index contributed by atoms with van der Waals surface area (Å²) in [6, 6.07) is 20.9. The Kier molecular flexibility index (Phi) is 5.18. The molecule has 0 N–H and O–H groups in total. The third-order valence-corrected chi connectivity index (χ3v) is 6.68. The lowest BCUT2D eigenvalue weighted by atomic mass is 10.1. The highest BCUT2D eigenvalue weighted by Gasteiger charge is 2.36. The second-order valence-electron chi connectivity index (χ2n) is 6.96. The number of carbonyl (C=O) groups is 1. The van der Waals surface area contributed by atoms with Crippen LogP contribution in [0.5, 0.6) is 5.75 Å². The van der Waals surface area contributed by atoms with E-state index in [1.807, 2.05) is 38.1 Å². The van der Waals surface area contributed by atoms with Crippen LogP contribution in [0.2, 0.25) is 0 Å². The Hall–Kier alpha value is -3.38. The number of nitrogens with zero attached hydrogens (tertiary/aromatic N) is 1. The van der Waals surface area contributed by atoms with E-state index in [-0.39, 0.29) is 15.4 Å². The minimum Gasteiger partial charge on any atom is -0.494 e. The molecule has 0 atom stereocenters. The van der Waals surface area contributed by atoms with Crippen molar-refractivity contribution in [2.45, 2.75) is 18.7 Å². The van der Waals surface area contributed by atoms with E-state index in [1.165, 1.54) is 12.3 Å². The maximum absolute atomic E-state index is 13.3. The summed E-state index contributed by atoms with van der Waals surface area (Å²) in [5.74, 6) is 0.0754. The molecule has 30 heavy (non-hydrogen) atoms. The van der Waals surface area contributed by atoms with E-state index in [0.29, 0.717) is 18.0 Å². The zero-order valence-electron chi connectivity index (χ0n) is 16.7. The van der Waals surface area contributed by atoms with Gasteiger partial charge in [-0.15, -0.1) is 0 Å². The number of allylic oxidation sites excluding steroid dienone is 1. The predicted octanol–water partition coefficient (Wildman–Crippen LogP) is 5.04. The summed E-state index contributed by atoms with van der Waals surface area (Å²) in [6.07, 6.45) is 1.42. The van der Waals surface area contributed by atoms with Crippen LogP contribution in [0.4, 0.5) is 11.4 Å². The fraction of sp³-hybridized carbons (Fsp3) is 0.125. The van der Waals surface area contributed by atoms with E-state index in [2.05, 4.69) is 0 Å². The first-order valence-corrected chi connectivity index (χ1v) is 11.1. The molecular formula is C24H21NO4S. The van der Waals surface area contributed by atoms with Gasteiger partial charge in [-0.05, 0) is 67.9 Å². The number of carbonyl (C=O) groups excluding carboxylic acids is 1. The zero-order chi connectivity index (χ0) is 21.3. The van der Waals surface area contributed by atoms with E-state index in [4.69, 9.17) is 4.74 Å². The number of benzene rings is 3. The number of ketones is 1. The van der Waals surface area contributed by atoms with Crippen molar-refractivity contribution in [2.24, 2.45) is 0 Å². The predicted molar refractivity (Wildman–Crippen MR) is 117 cm³/mol. The van der Waals surface area contributed by atoms with Gasteiger partial charge < -0.3 is 9.64 Å². The van der Waals surface area contributed by atoms with Gasteiger partial charge in [-0.1, -0.05) is 24.3 Å². The van der Waals surface area contributed by atoms with Gasteiger partial charge in [0.1, 0.15) is 10.7 Å². The third kappa shape index (κ3) is 3.50. The molecule has 152 valence electrons. The highest BCUT2D eigenvalue weighted by Crippen LogP contribution is 2.40. The number of rotatable bonds is 5. The van der Waals surface area contributed by atoms with Crippen LogP contribution in [0.25, 0.3) is 0 Å². The lowest BCUT2D eigenvalue weighted by Crippen LogP contribution is -2.25. The van der Waals surface area contributed by atoms with Crippen LogP contribution in [0, 0.1) is 6.92 Å². The van der Waals surface area contributed by atoms with Gasteiger partial charge in [0, 0.05) is 17.5 Å². The summed E-state index contributed by atoms with van der Waals surface area (Å²) in [7, 11) is -3.96. The van der Waals surface area contributed by atoms with Crippen LogP contribution in [-0.2, 0) is 9.84 Å². The first-order chi connectivity index (χ1) is 14.4. The number of hydrogen-bond donors (Lipinski definition) is 0. The van der Waals surface area contributed by atoms with Crippen LogP contribution in [-0.4, -0.2) is 20.8 Å². The van der Waals surface area contributed by atoms with Gasteiger partial charge in [0.2, 0.25) is 15.6 Å². The molecule has 3 aromatic carbocycles. The third-order valence-electron chi connectivity index (χ3n) is 4.88. The summed E-state index contributed by atoms with van der Waals surface area (Å²) in [6.45, 7) is 4.34. The Morgan fingerprint density at radius 2 is 1.70 bits per heavy atom. The van der Waals surface area contributed by atoms with Crippen molar-refractivity contribution in [1.82, 2.24) is 0 Å². The SMILES string of the molecule is CCOc1ccc(C(=O)C2=CN(c3cccc(C)c3)c3ccccc3S2(=O)=O)cc1. The van der Waals surface area contributed by atoms with E-state index >= 15 is 0 Å². The van der Waals surface area contributed by atoms with Crippen molar-refractivity contribution in [2.75, 3.05) is 11.5 Å². The molecule has 0 aromatic heterocycles. The second-order valence-corrected chi connectivity index (χ2v) is 8.85. The van der Waals surface area contributed by atoms with Gasteiger partial charge in [-0.2, -0.15) is 0 Å². The van der Waals surface area contributed by atoms with Gasteiger partial charge in [-0.3, -0.25) is 4.79 Å². The molecule has 0 amide bonds. The topological polar surface area (TPSA) is 63.7 Å². The molecule has 0 radical (unpaired) electrons. The minimum absolute atomic E-state index is 0.114. The largest absolute Gasteiger partial charge is 0.494 e. The quantitative estimate of drug-likeness (QED) is 0.542. The lowest BCUT2D eigenvalue weighted by molar-refractivity contribution is 0.104. The average Bonchev–Trinajstić information content (AvgIpc) is 2.74. The average molecular weight is 420 g/mol. The molecule has 6 heteroatoms. The number of para-hydroxylation sites is 1. The first-order valence-electron chi connectivity index (χ1n) is 9.61. The maximum atomic E-state index is 13.3. The smallest absolute Gasteiger partial charge is 0.214 e. The van der Waals surface area contributed by atoms with Crippen LogP contribution >= 0.6 is 0 Å². The normalized spacial score (nSPS) is 14.6. The van der Waals surface area contributed by atoms with E-state index in [9.17, 15) is 13.2 Å². The summed E-state index contributed by atoms with van der Waals surface area (Å²) in [5.41, 5.74) is 2.63. The van der Waals surface area contributed by atoms with Crippen LogP contribution in [0.1, 0.15) is 22.8 Å². The molecule has 0 aliphatic carbocycles. The molecule has 0 saturated heterocycles. The Morgan fingerprint density at radius 3 is 2.40 bits per heavy atom. The molecule has 0 spiro atoms. The molecule has 3 aromatic rings. The van der Waals surface area contributed by atoms with Gasteiger partial charge in [0.05, 0.1) is 17.2 Å². The number of hydrogen-bond acceptors (Lipinski definition) is 5. The summed E-state index contributed by atoms with van der Waals surface area (Å²) in [5, 5.41) is 0. The number of aryl methyl sites for hydroxylation is 1. The lowest BCUT2D eigenvalue weighted by Gasteiger charge is -2.29. The van der Waals surface area contributed by atoms with Gasteiger partial charge in [0.25, 0.3) is 0 Å². The van der Waals surface area contributed by atoms with Crippen molar-refractivity contribution in [3.63, 3.8) is 0 Å². The summed E-state index contributed by atoms with van der Waals surface area (Å²) in [4.78, 5) is 14.8. The molecule has 5 nitrogen and oxygen atoms in total. The summed E-state index contributed by atoms with van der Waals surface area (Å²) >= 11 is 0. The van der Waals surface area contributed by atoms with Crippen molar-refractivity contribution in [1.29, 1.82) is 0 Å². The zero-order valence-corrected chi connectivity index (χ0v) is 17.5. The number of anilines is 2. The monoisotopic (exact) mass is 419 g/mol. The fourth-order valence-electron chi connectivity index (χ4n) is 3.44. The number of Topliss-reactive ketones (excluding diaryl/α,β-unsaturated/α-hetero) is 1. The van der Waals surface area contributed by atoms with Crippen LogP contribution in [0.15, 0.2) is 88.8 Å². The van der Waals surface area contributed by atoms with Crippen LogP contribution < -0.4 is 9.64 Å². The molecule has 4 rings (SSSR count). The molecule has 0 saturated carbocycles. The van der Waals surface area contributed by atoms with Crippen molar-refractivity contribution >= 4 is 27.0 Å². The minimum atomic E-state index is -3.96. The summed E-state index contributed by atoms with van der Waals surface area (Å²) < 4.78 is 32.0. The Balaban J connectivity index is 1.84. The number of fused-ring (bicyclic) bond motifs is 1. The first kappa shape index (κ1) is 19.9. The molecule has 0 fully saturated rings. The fourth-order valence-corrected chi connectivity index (χ4v) is 4.98. The van der Waals surface area contributed by atoms with E-state index in [0.717, 1.165) is 11.3 Å². The van der Waals surface area contributed by atoms with Gasteiger partial charge >= 0.3 is 0 Å². The molecule has 0 bridgehead atoms. The van der Waals surface area contributed by atoms with Crippen molar-refractivity contribution < 1.29 is 17.9 Å². The Labute approximate surface area is 176 Å². The molecule has 0 unspecified atom stereocenters. The number of sulfone groups is 1. The molecule has 1 aliphatic rings. The maximum Gasteiger partial charge on any atom is 0.214 e. The highest BCUT2D eigenvalue weighted by atomic mass is 32.2. The standard InChI is InChI=1S/C24H21NO4S/c1-3-29-20-13-11-18(12-14-20)24(26)23-16-25(19-8-6-7-17(2)15-19)21-9-4-5-10-22(21)30(23,27)28/h4-16H,3H2,1-2H3. The van der Waals surface area contributed by atoms with Gasteiger partial charge in [-0.25, -0.2) is 8.42 Å². The number of ether oxygens (including phenoxy) is 1. The molecule has 1 aliphatic heterocycles. The Bertz CT molecular complexity index is 1240. The second kappa shape index (κ2) is 7.80.